The van der Waals surface area contributed by atoms with Crippen LogP contribution in [0.5, 0.6) is 0 Å². The van der Waals surface area contributed by atoms with E-state index in [1.165, 1.54) is 0 Å². The molecule has 1 atom stereocenters. The molecule has 210 valence electrons. The smallest absolute Gasteiger partial charge is 0.350 e. The highest BCUT2D eigenvalue weighted by molar-refractivity contribution is 7.74. The first kappa shape index (κ1) is 31.6. The second-order valence-corrected chi connectivity index (χ2v) is 13.0. The van der Waals surface area contributed by atoms with Crippen molar-refractivity contribution in [3.8, 4) is 0 Å². The molecule has 0 saturated carbocycles. The fourth-order valence-electron chi connectivity index (χ4n) is 4.62. The summed E-state index contributed by atoms with van der Waals surface area (Å²) >= 11 is 0. The average molecular weight is 564 g/mol. The molecule has 1 heterocycles. The maximum Gasteiger partial charge on any atom is 0.350 e. The Morgan fingerprint density at radius 3 is 1.51 bits per heavy atom. The summed E-state index contributed by atoms with van der Waals surface area (Å²) in [6.45, 7) is 9.19. The minimum Gasteiger partial charge on any atom is -0.464 e. The van der Waals surface area contributed by atoms with E-state index in [2.05, 4.69) is 5.32 Å². The molecule has 2 rings (SSSR count). The van der Waals surface area contributed by atoms with E-state index in [4.69, 9.17) is 27.6 Å². The first-order valence-corrected chi connectivity index (χ1v) is 15.7. The van der Waals surface area contributed by atoms with E-state index < -0.39 is 50.0 Å². The van der Waals surface area contributed by atoms with Crippen LogP contribution in [-0.4, -0.2) is 62.0 Å². The number of nitrogens with one attached hydrogen (secondary N) is 1. The van der Waals surface area contributed by atoms with Crippen LogP contribution in [-0.2, 0) is 46.3 Å². The summed E-state index contributed by atoms with van der Waals surface area (Å²) in [5, 5.41) is 3.01. The van der Waals surface area contributed by atoms with Crippen molar-refractivity contribution in [1.29, 1.82) is 0 Å². The number of ether oxygens (including phenoxy) is 2. The number of hydrogen-bond donors (Lipinski definition) is 1. The summed E-state index contributed by atoms with van der Waals surface area (Å²) in [6.07, 6.45) is -0.647. The van der Waals surface area contributed by atoms with Crippen LogP contribution in [0.2, 0.25) is 0 Å². The third kappa shape index (κ3) is 5.74. The van der Waals surface area contributed by atoms with Gasteiger partial charge in [0.15, 0.2) is 4.90 Å². The number of benzene rings is 1. The van der Waals surface area contributed by atoms with Gasteiger partial charge in [0.1, 0.15) is 0 Å². The predicted octanol–water partition coefficient (Wildman–Crippen LogP) is 4.81. The molecule has 0 amide bonds. The maximum absolute atomic E-state index is 14.8. The molecule has 1 aliphatic rings. The summed E-state index contributed by atoms with van der Waals surface area (Å²) in [7, 11) is -8.98. The van der Waals surface area contributed by atoms with E-state index in [9.17, 15) is 18.7 Å². The fourth-order valence-corrected chi connectivity index (χ4v) is 10.8. The van der Waals surface area contributed by atoms with Crippen molar-refractivity contribution in [2.24, 2.45) is 0 Å². The molecule has 0 aromatic heterocycles. The molecule has 0 aliphatic carbocycles. The second-order valence-electron chi connectivity index (χ2n) is 8.06. The monoisotopic (exact) mass is 563 g/mol. The lowest BCUT2D eigenvalue weighted by Gasteiger charge is -2.43. The minimum absolute atomic E-state index is 0.0478. The molecule has 13 heteroatoms. The van der Waals surface area contributed by atoms with Crippen molar-refractivity contribution >= 4 is 27.1 Å². The van der Waals surface area contributed by atoms with Crippen molar-refractivity contribution in [2.45, 2.75) is 64.4 Å². The molecule has 0 spiro atoms. The minimum atomic E-state index is -4.49. The highest BCUT2D eigenvalue weighted by Crippen LogP contribution is 2.84. The van der Waals surface area contributed by atoms with E-state index >= 15 is 0 Å². The molecule has 0 bridgehead atoms. The van der Waals surface area contributed by atoms with Gasteiger partial charge in [0.05, 0.1) is 45.7 Å². The van der Waals surface area contributed by atoms with Crippen LogP contribution in [0.15, 0.2) is 30.3 Å². The number of hydrogen-bond acceptors (Lipinski definition) is 11. The fraction of sp³-hybridized carbons (Fsp3) is 0.667. The lowest BCUT2D eigenvalue weighted by Crippen LogP contribution is -2.56. The van der Waals surface area contributed by atoms with Crippen molar-refractivity contribution in [1.82, 2.24) is 5.32 Å². The molecular weight excluding hydrogens is 524 g/mol. The van der Waals surface area contributed by atoms with Crippen LogP contribution in [0.1, 0.15) is 59.6 Å². The number of carbonyl (C=O) groups is 2. The zero-order valence-electron chi connectivity index (χ0n) is 22.4. The summed E-state index contributed by atoms with van der Waals surface area (Å²) in [6, 6.07) is 7.34. The van der Waals surface area contributed by atoms with Gasteiger partial charge in [0.25, 0.3) is 0 Å². The Kier molecular flexibility index (Phi) is 11.5. The molecule has 1 N–H and O–H groups in total. The standard InChI is InChI=1S/C24H39NO10P2/c1-7-30-21(26)23(22(27)31-8-2)18-24(36(28,32-9-3)33-10-4,37(29,34-11-5)35-12-6)20(25-23)19-16-14-13-15-17-19/h13-17,20,25H,7-12,18H2,1-6H3. The number of esters is 2. The van der Waals surface area contributed by atoms with Gasteiger partial charge < -0.3 is 27.6 Å². The molecule has 1 aromatic rings. The van der Waals surface area contributed by atoms with E-state index in [0.29, 0.717) is 5.56 Å². The van der Waals surface area contributed by atoms with E-state index in [-0.39, 0.29) is 39.6 Å². The van der Waals surface area contributed by atoms with Crippen LogP contribution in [0.4, 0.5) is 0 Å². The zero-order valence-corrected chi connectivity index (χ0v) is 24.2. The second kappa shape index (κ2) is 13.5. The van der Waals surface area contributed by atoms with Gasteiger partial charge in [-0.05, 0) is 47.1 Å². The average Bonchev–Trinajstić information content (AvgIpc) is 3.26. The normalized spacial score (nSPS) is 18.9. The lowest BCUT2D eigenvalue weighted by atomic mass is 9.96. The first-order valence-electron chi connectivity index (χ1n) is 12.6. The number of carbonyl (C=O) groups excluding carboxylic acids is 2. The van der Waals surface area contributed by atoms with Crippen LogP contribution in [0.3, 0.4) is 0 Å². The molecule has 1 aromatic carbocycles. The Bertz CT molecular complexity index is 935. The zero-order chi connectivity index (χ0) is 27.7. The topological polar surface area (TPSA) is 136 Å². The van der Waals surface area contributed by atoms with Gasteiger partial charge in [0.2, 0.25) is 5.54 Å². The highest BCUT2D eigenvalue weighted by Gasteiger charge is 2.79. The quantitative estimate of drug-likeness (QED) is 0.179. The third-order valence-electron chi connectivity index (χ3n) is 5.90. The molecule has 1 aliphatic heterocycles. The Morgan fingerprint density at radius 2 is 1.16 bits per heavy atom. The van der Waals surface area contributed by atoms with Crippen molar-refractivity contribution in [3.63, 3.8) is 0 Å². The highest BCUT2D eigenvalue weighted by atomic mass is 31.2. The molecule has 1 fully saturated rings. The van der Waals surface area contributed by atoms with Gasteiger partial charge in [-0.15, -0.1) is 0 Å². The Morgan fingerprint density at radius 1 is 0.757 bits per heavy atom. The Hall–Kier alpha value is -1.58. The third-order valence-corrected chi connectivity index (χ3v) is 12.5. The van der Waals surface area contributed by atoms with Crippen LogP contribution in [0, 0.1) is 0 Å². The molecule has 1 saturated heterocycles. The van der Waals surface area contributed by atoms with E-state index in [1.807, 2.05) is 0 Å². The Balaban J connectivity index is 3.07. The van der Waals surface area contributed by atoms with Gasteiger partial charge in [-0.2, -0.15) is 0 Å². The molecular formula is C24H39NO10P2. The predicted molar refractivity (Wildman–Crippen MR) is 137 cm³/mol. The van der Waals surface area contributed by atoms with Crippen LogP contribution in [0.25, 0.3) is 0 Å². The first-order chi connectivity index (χ1) is 17.6. The van der Waals surface area contributed by atoms with Gasteiger partial charge in [-0.3, -0.25) is 14.4 Å². The van der Waals surface area contributed by atoms with Gasteiger partial charge in [0, 0.05) is 6.42 Å². The summed E-state index contributed by atoms with van der Waals surface area (Å²) < 4.78 is 63.4. The summed E-state index contributed by atoms with van der Waals surface area (Å²) in [5.74, 6) is -1.95. The van der Waals surface area contributed by atoms with Crippen molar-refractivity contribution in [3.05, 3.63) is 35.9 Å². The molecule has 0 radical (unpaired) electrons. The summed E-state index contributed by atoms with van der Waals surface area (Å²) in [5.41, 5.74) is -1.75. The van der Waals surface area contributed by atoms with Crippen LogP contribution >= 0.6 is 15.2 Å². The lowest BCUT2D eigenvalue weighted by molar-refractivity contribution is -0.165. The summed E-state index contributed by atoms with van der Waals surface area (Å²) in [4.78, 5) is 24.8. The largest absolute Gasteiger partial charge is 0.464 e. The van der Waals surface area contributed by atoms with E-state index in [0.717, 1.165) is 0 Å². The van der Waals surface area contributed by atoms with Crippen LogP contribution < -0.4 is 5.32 Å². The van der Waals surface area contributed by atoms with Gasteiger partial charge in [-0.25, -0.2) is 9.59 Å². The van der Waals surface area contributed by atoms with Gasteiger partial charge >= 0.3 is 27.1 Å². The Labute approximate surface area is 218 Å². The number of rotatable bonds is 15. The maximum atomic E-state index is 14.8. The van der Waals surface area contributed by atoms with E-state index in [1.54, 1.807) is 71.9 Å². The molecule has 11 nitrogen and oxygen atoms in total. The van der Waals surface area contributed by atoms with Gasteiger partial charge in [-0.1, -0.05) is 30.3 Å². The van der Waals surface area contributed by atoms with Crippen molar-refractivity contribution in [2.75, 3.05) is 39.6 Å². The SMILES string of the molecule is CCOC(=O)C1(C(=O)OCC)CC(P(=O)(OCC)OCC)(P(=O)(OCC)OCC)C(c2ccccc2)N1. The molecule has 1 unspecified atom stereocenters. The van der Waals surface area contributed by atoms with Crippen molar-refractivity contribution < 1.29 is 46.3 Å². The molecule has 37 heavy (non-hydrogen) atoms.